The second kappa shape index (κ2) is 6.61. The van der Waals surface area contributed by atoms with E-state index in [0.29, 0.717) is 5.92 Å². The van der Waals surface area contributed by atoms with Crippen molar-refractivity contribution in [3.05, 3.63) is 29.6 Å². The van der Waals surface area contributed by atoms with Crippen molar-refractivity contribution in [3.63, 3.8) is 0 Å². The average molecular weight is 222 g/mol. The maximum Gasteiger partial charge on any atom is 0.0604 e. The Labute approximate surface area is 97.9 Å². The second-order valence-corrected chi connectivity index (χ2v) is 4.46. The lowest BCUT2D eigenvalue weighted by atomic mass is 9.97. The quantitative estimate of drug-likeness (QED) is 0.724. The summed E-state index contributed by atoms with van der Waals surface area (Å²) < 4.78 is 0. The third-order valence-electron chi connectivity index (χ3n) is 2.71. The summed E-state index contributed by atoms with van der Waals surface area (Å²) in [4.78, 5) is 4.45. The van der Waals surface area contributed by atoms with Gasteiger partial charge in [-0.1, -0.05) is 19.9 Å². The minimum atomic E-state index is 0.235. The predicted octanol–water partition coefficient (Wildman–Crippen LogP) is 2.06. The minimum absolute atomic E-state index is 0.235. The number of aliphatic hydroxyl groups is 1. The molecule has 3 heteroatoms. The van der Waals surface area contributed by atoms with E-state index in [1.165, 1.54) is 5.56 Å². The van der Waals surface area contributed by atoms with Gasteiger partial charge in [-0.3, -0.25) is 4.98 Å². The summed E-state index contributed by atoms with van der Waals surface area (Å²) in [5, 5.41) is 12.2. The molecule has 1 aromatic heterocycles. The van der Waals surface area contributed by atoms with E-state index in [2.05, 4.69) is 37.1 Å². The van der Waals surface area contributed by atoms with Crippen LogP contribution in [-0.2, 0) is 0 Å². The van der Waals surface area contributed by atoms with Gasteiger partial charge in [0.15, 0.2) is 0 Å². The number of pyridine rings is 1. The Morgan fingerprint density at radius 1 is 1.44 bits per heavy atom. The van der Waals surface area contributed by atoms with Crippen molar-refractivity contribution in [2.45, 2.75) is 33.2 Å². The van der Waals surface area contributed by atoms with Crippen molar-refractivity contribution in [2.75, 3.05) is 13.2 Å². The third kappa shape index (κ3) is 3.58. The molecule has 0 amide bonds. The van der Waals surface area contributed by atoms with Crippen LogP contribution in [0.4, 0.5) is 0 Å². The summed E-state index contributed by atoms with van der Waals surface area (Å²) in [5.74, 6) is 0.493. The molecule has 0 radical (unpaired) electrons. The first-order valence-electron chi connectivity index (χ1n) is 5.92. The minimum Gasteiger partial charge on any atom is -0.396 e. The van der Waals surface area contributed by atoms with Crippen LogP contribution in [-0.4, -0.2) is 23.2 Å². The van der Waals surface area contributed by atoms with Crippen LogP contribution in [0.5, 0.6) is 0 Å². The average Bonchev–Trinajstić information content (AvgIpc) is 2.25. The SMILES string of the molecule is Cc1cccnc1C(NCCCO)C(C)C. The van der Waals surface area contributed by atoms with Crippen molar-refractivity contribution in [1.82, 2.24) is 10.3 Å². The van der Waals surface area contributed by atoms with Crippen LogP contribution in [0.25, 0.3) is 0 Å². The number of aliphatic hydroxyl groups excluding tert-OH is 1. The molecule has 0 saturated heterocycles. The van der Waals surface area contributed by atoms with Gasteiger partial charge in [0.1, 0.15) is 0 Å². The van der Waals surface area contributed by atoms with Gasteiger partial charge >= 0.3 is 0 Å². The lowest BCUT2D eigenvalue weighted by molar-refractivity contribution is 0.278. The Morgan fingerprint density at radius 3 is 2.75 bits per heavy atom. The first-order valence-corrected chi connectivity index (χ1v) is 5.92. The molecule has 0 spiro atoms. The van der Waals surface area contributed by atoms with Gasteiger partial charge in [0.25, 0.3) is 0 Å². The van der Waals surface area contributed by atoms with Crippen molar-refractivity contribution < 1.29 is 5.11 Å². The van der Waals surface area contributed by atoms with Crippen molar-refractivity contribution in [1.29, 1.82) is 0 Å². The van der Waals surface area contributed by atoms with Crippen LogP contribution < -0.4 is 5.32 Å². The molecule has 0 aliphatic carbocycles. The first-order chi connectivity index (χ1) is 7.66. The van der Waals surface area contributed by atoms with Crippen molar-refractivity contribution in [3.8, 4) is 0 Å². The largest absolute Gasteiger partial charge is 0.396 e. The van der Waals surface area contributed by atoms with Crippen LogP contribution in [0.3, 0.4) is 0 Å². The maximum absolute atomic E-state index is 8.79. The molecular formula is C13H22N2O. The number of hydrogen-bond acceptors (Lipinski definition) is 3. The number of nitrogens with one attached hydrogen (secondary N) is 1. The fourth-order valence-electron chi connectivity index (χ4n) is 1.81. The molecular weight excluding hydrogens is 200 g/mol. The molecule has 0 aromatic carbocycles. The summed E-state index contributed by atoms with van der Waals surface area (Å²) in [5.41, 5.74) is 2.34. The fourth-order valence-corrected chi connectivity index (χ4v) is 1.81. The zero-order valence-corrected chi connectivity index (χ0v) is 10.4. The van der Waals surface area contributed by atoms with Gasteiger partial charge in [0.05, 0.1) is 11.7 Å². The molecule has 3 nitrogen and oxygen atoms in total. The molecule has 1 unspecified atom stereocenters. The molecule has 0 saturated carbocycles. The van der Waals surface area contributed by atoms with E-state index in [-0.39, 0.29) is 12.6 Å². The Hall–Kier alpha value is -0.930. The molecule has 0 bridgehead atoms. The standard InChI is InChI=1S/C13H22N2O/c1-10(2)12(14-8-5-9-16)13-11(3)6-4-7-15-13/h4,6-7,10,12,14,16H,5,8-9H2,1-3H3. The van der Waals surface area contributed by atoms with E-state index in [0.717, 1.165) is 18.7 Å². The van der Waals surface area contributed by atoms with Crippen LogP contribution in [0, 0.1) is 12.8 Å². The van der Waals surface area contributed by atoms with Gasteiger partial charge in [-0.05, 0) is 37.4 Å². The highest BCUT2D eigenvalue weighted by Gasteiger charge is 2.17. The zero-order chi connectivity index (χ0) is 12.0. The monoisotopic (exact) mass is 222 g/mol. The van der Waals surface area contributed by atoms with E-state index < -0.39 is 0 Å². The van der Waals surface area contributed by atoms with Crippen LogP contribution in [0.1, 0.15) is 37.6 Å². The maximum atomic E-state index is 8.79. The fraction of sp³-hybridized carbons (Fsp3) is 0.615. The van der Waals surface area contributed by atoms with E-state index >= 15 is 0 Å². The lowest BCUT2D eigenvalue weighted by Crippen LogP contribution is -2.28. The number of aromatic nitrogens is 1. The Bertz CT molecular complexity index is 313. The first kappa shape index (κ1) is 13.1. The topological polar surface area (TPSA) is 45.2 Å². The summed E-state index contributed by atoms with van der Waals surface area (Å²) >= 11 is 0. The molecule has 0 aliphatic heterocycles. The number of aryl methyl sites for hydroxylation is 1. The molecule has 2 N–H and O–H groups in total. The highest BCUT2D eigenvalue weighted by Crippen LogP contribution is 2.22. The zero-order valence-electron chi connectivity index (χ0n) is 10.4. The summed E-state index contributed by atoms with van der Waals surface area (Å²) in [6, 6.07) is 4.32. The van der Waals surface area contributed by atoms with E-state index in [1.807, 2.05) is 12.3 Å². The third-order valence-corrected chi connectivity index (χ3v) is 2.71. The molecule has 1 atom stereocenters. The Morgan fingerprint density at radius 2 is 2.19 bits per heavy atom. The predicted molar refractivity (Wildman–Crippen MR) is 66.3 cm³/mol. The molecule has 1 rings (SSSR count). The van der Waals surface area contributed by atoms with Crippen LogP contribution in [0.15, 0.2) is 18.3 Å². The number of rotatable bonds is 6. The van der Waals surface area contributed by atoms with Crippen molar-refractivity contribution in [2.24, 2.45) is 5.92 Å². The number of nitrogens with zero attached hydrogens (tertiary/aromatic N) is 1. The van der Waals surface area contributed by atoms with Crippen LogP contribution in [0.2, 0.25) is 0 Å². The van der Waals surface area contributed by atoms with E-state index in [4.69, 9.17) is 5.11 Å². The molecule has 16 heavy (non-hydrogen) atoms. The van der Waals surface area contributed by atoms with E-state index in [9.17, 15) is 0 Å². The highest BCUT2D eigenvalue weighted by molar-refractivity contribution is 5.21. The van der Waals surface area contributed by atoms with E-state index in [1.54, 1.807) is 0 Å². The molecule has 90 valence electrons. The van der Waals surface area contributed by atoms with Crippen molar-refractivity contribution >= 4 is 0 Å². The summed E-state index contributed by atoms with van der Waals surface area (Å²) in [6.45, 7) is 7.52. The molecule has 1 aromatic rings. The number of hydrogen-bond donors (Lipinski definition) is 2. The summed E-state index contributed by atoms with van der Waals surface area (Å²) in [7, 11) is 0. The summed E-state index contributed by atoms with van der Waals surface area (Å²) in [6.07, 6.45) is 2.63. The van der Waals surface area contributed by atoms with Gasteiger partial charge in [-0.2, -0.15) is 0 Å². The van der Waals surface area contributed by atoms with Gasteiger partial charge in [0, 0.05) is 12.8 Å². The van der Waals surface area contributed by atoms with Gasteiger partial charge in [0.2, 0.25) is 0 Å². The Kier molecular flexibility index (Phi) is 5.43. The van der Waals surface area contributed by atoms with Gasteiger partial charge < -0.3 is 10.4 Å². The lowest BCUT2D eigenvalue weighted by Gasteiger charge is -2.23. The molecule has 0 aliphatic rings. The second-order valence-electron chi connectivity index (χ2n) is 4.46. The van der Waals surface area contributed by atoms with Gasteiger partial charge in [-0.15, -0.1) is 0 Å². The Balaban J connectivity index is 2.74. The smallest absolute Gasteiger partial charge is 0.0604 e. The van der Waals surface area contributed by atoms with Gasteiger partial charge in [-0.25, -0.2) is 0 Å². The molecule has 1 heterocycles. The highest BCUT2D eigenvalue weighted by atomic mass is 16.3. The van der Waals surface area contributed by atoms with Crippen LogP contribution >= 0.6 is 0 Å². The normalized spacial score (nSPS) is 13.1. The molecule has 0 fully saturated rings.